The first-order valence-corrected chi connectivity index (χ1v) is 8.67. The number of carbonyl (C=O) groups is 1. The zero-order valence-electron chi connectivity index (χ0n) is 13.9. The van der Waals surface area contributed by atoms with Crippen LogP contribution in [0.25, 0.3) is 0 Å². The van der Waals surface area contributed by atoms with Gasteiger partial charge in [0.1, 0.15) is 12.7 Å². The lowest BCUT2D eigenvalue weighted by atomic mass is 9.93. The van der Waals surface area contributed by atoms with Gasteiger partial charge in [-0.15, -0.1) is 0 Å². The highest BCUT2D eigenvalue weighted by atomic mass is 16.5. The normalized spacial score (nSPS) is 22.8. The van der Waals surface area contributed by atoms with Crippen LogP contribution >= 0.6 is 0 Å². The quantitative estimate of drug-likeness (QED) is 0.863. The van der Waals surface area contributed by atoms with Crippen molar-refractivity contribution in [2.45, 2.75) is 51.2 Å². The lowest BCUT2D eigenvalue weighted by Gasteiger charge is -2.39. The van der Waals surface area contributed by atoms with Crippen LogP contribution in [0, 0.1) is 5.92 Å². The van der Waals surface area contributed by atoms with Crippen LogP contribution in [0.4, 0.5) is 0 Å². The van der Waals surface area contributed by atoms with Crippen LogP contribution in [0.2, 0.25) is 0 Å². The number of amides is 1. The fourth-order valence-electron chi connectivity index (χ4n) is 3.59. The van der Waals surface area contributed by atoms with Crippen molar-refractivity contribution in [1.82, 2.24) is 25.0 Å². The van der Waals surface area contributed by atoms with E-state index in [0.29, 0.717) is 12.6 Å². The molecule has 0 unspecified atom stereocenters. The fourth-order valence-corrected chi connectivity index (χ4v) is 3.59. The summed E-state index contributed by atoms with van der Waals surface area (Å²) in [6.45, 7) is 6.49. The number of hydrogen-bond donors (Lipinski definition) is 1. The minimum absolute atomic E-state index is 0.0673. The molecule has 1 N–H and O–H groups in total. The molecule has 1 aromatic rings. The Balaban J connectivity index is 1.40. The molecule has 23 heavy (non-hydrogen) atoms. The molecule has 3 heterocycles. The number of nitrogens with one attached hydrogen (secondary N) is 1. The topological polar surface area (TPSA) is 72.3 Å². The van der Waals surface area contributed by atoms with Gasteiger partial charge in [-0.25, -0.2) is 4.98 Å². The van der Waals surface area contributed by atoms with Gasteiger partial charge in [-0.05, 0) is 45.7 Å². The Morgan fingerprint density at radius 1 is 1.30 bits per heavy atom. The van der Waals surface area contributed by atoms with E-state index in [1.807, 2.05) is 6.92 Å². The molecule has 1 amide bonds. The molecule has 0 radical (unpaired) electrons. The van der Waals surface area contributed by atoms with E-state index >= 15 is 0 Å². The first-order chi connectivity index (χ1) is 11.2. The van der Waals surface area contributed by atoms with Crippen LogP contribution < -0.4 is 5.32 Å². The maximum atomic E-state index is 12.4. The Morgan fingerprint density at radius 2 is 2.04 bits per heavy atom. The Morgan fingerprint density at radius 3 is 2.70 bits per heavy atom. The molecule has 2 fully saturated rings. The third-order valence-corrected chi connectivity index (χ3v) is 4.92. The molecule has 0 aromatic carbocycles. The van der Waals surface area contributed by atoms with Crippen LogP contribution in [-0.2, 0) is 16.1 Å². The summed E-state index contributed by atoms with van der Waals surface area (Å²) in [6.07, 6.45) is 7.37. The molecule has 7 heteroatoms. The predicted molar refractivity (Wildman–Crippen MR) is 85.8 cm³/mol. The predicted octanol–water partition coefficient (Wildman–Crippen LogP) is 0.674. The molecule has 2 aliphatic heterocycles. The highest BCUT2D eigenvalue weighted by Gasteiger charge is 2.29. The molecule has 0 saturated carbocycles. The average Bonchev–Trinajstić information content (AvgIpc) is 3.08. The first kappa shape index (κ1) is 16.4. The zero-order chi connectivity index (χ0) is 16.1. The number of aromatic nitrogens is 3. The van der Waals surface area contributed by atoms with E-state index in [4.69, 9.17) is 4.74 Å². The minimum Gasteiger partial charge on any atom is -0.381 e. The van der Waals surface area contributed by atoms with Crippen molar-refractivity contribution >= 4 is 5.91 Å². The highest BCUT2D eigenvalue weighted by molar-refractivity contribution is 5.79. The second kappa shape index (κ2) is 7.88. The Kier molecular flexibility index (Phi) is 5.61. The summed E-state index contributed by atoms with van der Waals surface area (Å²) in [5.41, 5.74) is 0. The van der Waals surface area contributed by atoms with Crippen LogP contribution in [0.3, 0.4) is 0 Å². The molecule has 2 aliphatic rings. The number of hydrogen-bond acceptors (Lipinski definition) is 5. The molecule has 2 saturated heterocycles. The maximum absolute atomic E-state index is 12.4. The summed E-state index contributed by atoms with van der Waals surface area (Å²) in [4.78, 5) is 18.9. The van der Waals surface area contributed by atoms with Gasteiger partial charge in [0, 0.05) is 31.2 Å². The van der Waals surface area contributed by atoms with E-state index < -0.39 is 0 Å². The second-order valence-corrected chi connectivity index (χ2v) is 6.68. The van der Waals surface area contributed by atoms with E-state index in [2.05, 4.69) is 20.3 Å². The lowest BCUT2D eigenvalue weighted by Crippen LogP contribution is -2.48. The van der Waals surface area contributed by atoms with Gasteiger partial charge in [-0.2, -0.15) is 5.10 Å². The summed E-state index contributed by atoms with van der Waals surface area (Å²) < 4.78 is 7.18. The SMILES string of the molecule is C[C@H](Cn1cncn1)NC(=O)C1CCN(C2CCOCC2)CC1. The smallest absolute Gasteiger partial charge is 0.223 e. The summed E-state index contributed by atoms with van der Waals surface area (Å²) >= 11 is 0. The van der Waals surface area contributed by atoms with Gasteiger partial charge in [0.05, 0.1) is 6.54 Å². The summed E-state index contributed by atoms with van der Waals surface area (Å²) in [6, 6.07) is 0.719. The van der Waals surface area contributed by atoms with Gasteiger partial charge in [0.25, 0.3) is 0 Å². The van der Waals surface area contributed by atoms with Crippen molar-refractivity contribution in [3.63, 3.8) is 0 Å². The van der Waals surface area contributed by atoms with Gasteiger partial charge < -0.3 is 15.0 Å². The van der Waals surface area contributed by atoms with E-state index in [-0.39, 0.29) is 17.9 Å². The number of nitrogens with zero attached hydrogens (tertiary/aromatic N) is 4. The minimum atomic E-state index is 0.0673. The molecule has 7 nitrogen and oxygen atoms in total. The maximum Gasteiger partial charge on any atom is 0.223 e. The first-order valence-electron chi connectivity index (χ1n) is 8.67. The van der Waals surface area contributed by atoms with Gasteiger partial charge in [0.15, 0.2) is 0 Å². The summed E-state index contributed by atoms with van der Waals surface area (Å²) in [5.74, 6) is 0.327. The molecule has 3 rings (SSSR count). The molecule has 0 bridgehead atoms. The Bertz CT molecular complexity index is 479. The van der Waals surface area contributed by atoms with Gasteiger partial charge in [0.2, 0.25) is 5.91 Å². The van der Waals surface area contributed by atoms with Crippen LogP contribution in [0.1, 0.15) is 32.6 Å². The van der Waals surface area contributed by atoms with E-state index in [0.717, 1.165) is 52.0 Å². The van der Waals surface area contributed by atoms with Crippen molar-refractivity contribution in [2.24, 2.45) is 5.92 Å². The van der Waals surface area contributed by atoms with Gasteiger partial charge in [-0.1, -0.05) is 0 Å². The van der Waals surface area contributed by atoms with Crippen LogP contribution in [-0.4, -0.2) is 64.0 Å². The summed E-state index contributed by atoms with van der Waals surface area (Å²) in [5, 5.41) is 7.19. The Hall–Kier alpha value is -1.47. The standard InChI is InChI=1S/C16H27N5O2/c1-13(10-21-12-17-11-18-21)19-16(22)14-2-6-20(7-3-14)15-4-8-23-9-5-15/h11-15H,2-10H2,1H3,(H,19,22)/t13-/m1/s1. The molecule has 1 aromatic heterocycles. The van der Waals surface area contributed by atoms with E-state index in [1.165, 1.54) is 6.33 Å². The Labute approximate surface area is 137 Å². The molecule has 1 atom stereocenters. The number of likely N-dealkylation sites (tertiary alicyclic amines) is 1. The fraction of sp³-hybridized carbons (Fsp3) is 0.812. The second-order valence-electron chi connectivity index (χ2n) is 6.68. The van der Waals surface area contributed by atoms with Gasteiger partial charge in [-0.3, -0.25) is 9.48 Å². The monoisotopic (exact) mass is 321 g/mol. The van der Waals surface area contributed by atoms with E-state index in [9.17, 15) is 4.79 Å². The molecule has 0 spiro atoms. The largest absolute Gasteiger partial charge is 0.381 e. The van der Waals surface area contributed by atoms with Crippen molar-refractivity contribution in [3.8, 4) is 0 Å². The van der Waals surface area contributed by atoms with Crippen molar-refractivity contribution in [3.05, 3.63) is 12.7 Å². The highest BCUT2D eigenvalue weighted by Crippen LogP contribution is 2.23. The molecular formula is C16H27N5O2. The third-order valence-electron chi connectivity index (χ3n) is 4.92. The average molecular weight is 321 g/mol. The van der Waals surface area contributed by atoms with Crippen LogP contribution in [0.15, 0.2) is 12.7 Å². The van der Waals surface area contributed by atoms with Crippen LogP contribution in [0.5, 0.6) is 0 Å². The van der Waals surface area contributed by atoms with Crippen molar-refractivity contribution in [2.75, 3.05) is 26.3 Å². The zero-order valence-corrected chi connectivity index (χ0v) is 13.9. The summed E-state index contributed by atoms with van der Waals surface area (Å²) in [7, 11) is 0. The van der Waals surface area contributed by atoms with Gasteiger partial charge >= 0.3 is 0 Å². The number of carbonyl (C=O) groups excluding carboxylic acids is 1. The van der Waals surface area contributed by atoms with Crippen molar-refractivity contribution < 1.29 is 9.53 Å². The number of rotatable bonds is 5. The third kappa shape index (κ3) is 4.51. The molecule has 128 valence electrons. The number of piperidine rings is 1. The molecular weight excluding hydrogens is 294 g/mol. The molecule has 0 aliphatic carbocycles. The lowest BCUT2D eigenvalue weighted by molar-refractivity contribution is -0.127. The van der Waals surface area contributed by atoms with E-state index in [1.54, 1.807) is 11.0 Å². The van der Waals surface area contributed by atoms with Crippen molar-refractivity contribution in [1.29, 1.82) is 0 Å². The number of ether oxygens (including phenoxy) is 1.